The number of benzene rings is 2. The van der Waals surface area contributed by atoms with Crippen LogP contribution in [0.4, 0.5) is 4.39 Å². The van der Waals surface area contributed by atoms with Gasteiger partial charge in [0.25, 0.3) is 0 Å². The van der Waals surface area contributed by atoms with Crippen LogP contribution in [0.2, 0.25) is 0 Å². The lowest BCUT2D eigenvalue weighted by Gasteiger charge is -2.37. The first-order valence-electron chi connectivity index (χ1n) is 7.30. The highest BCUT2D eigenvalue weighted by Gasteiger charge is 2.43. The fourth-order valence-corrected chi connectivity index (χ4v) is 5.97. The molecule has 0 aliphatic carbocycles. The normalized spacial score (nSPS) is 16.7. The van der Waals surface area contributed by atoms with Crippen molar-refractivity contribution < 1.29 is 21.2 Å². The average molecular weight is 369 g/mol. The Balaban J connectivity index is 1.69. The van der Waals surface area contributed by atoms with Gasteiger partial charge in [-0.15, -0.1) is 0 Å². The van der Waals surface area contributed by atoms with Crippen LogP contribution in [0.5, 0.6) is 0 Å². The van der Waals surface area contributed by atoms with Gasteiger partial charge in [0.15, 0.2) is 9.84 Å². The highest BCUT2D eigenvalue weighted by molar-refractivity contribution is 7.92. The van der Waals surface area contributed by atoms with Crippen molar-refractivity contribution in [3.8, 4) is 0 Å². The van der Waals surface area contributed by atoms with Crippen LogP contribution in [0.15, 0.2) is 59.5 Å². The molecule has 128 valence electrons. The molecule has 0 atom stereocenters. The summed E-state index contributed by atoms with van der Waals surface area (Å²) in [6, 6.07) is 13.3. The minimum Gasteiger partial charge on any atom is -0.223 e. The summed E-state index contributed by atoms with van der Waals surface area (Å²) in [5.41, 5.74) is 0.655. The Kier molecular flexibility index (Phi) is 4.46. The van der Waals surface area contributed by atoms with Gasteiger partial charge in [-0.2, -0.15) is 4.31 Å². The van der Waals surface area contributed by atoms with Gasteiger partial charge in [-0.05, 0) is 29.8 Å². The molecule has 2 aromatic carbocycles. The molecule has 8 heteroatoms. The molecule has 3 rings (SSSR count). The van der Waals surface area contributed by atoms with E-state index in [1.54, 1.807) is 30.3 Å². The molecular weight excluding hydrogens is 353 g/mol. The second-order valence-electron chi connectivity index (χ2n) is 5.68. The molecule has 0 amide bonds. The lowest BCUT2D eigenvalue weighted by molar-refractivity contribution is 0.309. The van der Waals surface area contributed by atoms with Gasteiger partial charge >= 0.3 is 0 Å². The van der Waals surface area contributed by atoms with E-state index in [4.69, 9.17) is 0 Å². The van der Waals surface area contributed by atoms with Crippen LogP contribution in [-0.4, -0.2) is 39.5 Å². The highest BCUT2D eigenvalue weighted by atomic mass is 32.2. The number of rotatable bonds is 5. The Bertz CT molecular complexity index is 920. The van der Waals surface area contributed by atoms with E-state index in [0.717, 1.165) is 12.1 Å². The topological polar surface area (TPSA) is 71.5 Å². The van der Waals surface area contributed by atoms with Crippen molar-refractivity contribution in [1.82, 2.24) is 4.31 Å². The van der Waals surface area contributed by atoms with Crippen molar-refractivity contribution in [1.29, 1.82) is 0 Å². The summed E-state index contributed by atoms with van der Waals surface area (Å²) < 4.78 is 63.5. The maximum Gasteiger partial charge on any atom is 0.218 e. The van der Waals surface area contributed by atoms with Crippen LogP contribution in [0.25, 0.3) is 0 Å². The summed E-state index contributed by atoms with van der Waals surface area (Å²) in [6.07, 6.45) is 0. The van der Waals surface area contributed by atoms with Crippen molar-refractivity contribution in [3.63, 3.8) is 0 Å². The predicted molar refractivity (Wildman–Crippen MR) is 88.0 cm³/mol. The Morgan fingerprint density at radius 3 is 2.08 bits per heavy atom. The van der Waals surface area contributed by atoms with Crippen LogP contribution in [0.1, 0.15) is 5.56 Å². The molecule has 2 aromatic rings. The average Bonchev–Trinajstić information content (AvgIpc) is 2.46. The molecule has 0 unspecified atom stereocenters. The van der Waals surface area contributed by atoms with Gasteiger partial charge in [-0.3, -0.25) is 0 Å². The zero-order chi connectivity index (χ0) is 17.4. The monoisotopic (exact) mass is 369 g/mol. The van der Waals surface area contributed by atoms with Gasteiger partial charge in [0.1, 0.15) is 5.82 Å². The lowest BCUT2D eigenvalue weighted by atomic mass is 10.2. The van der Waals surface area contributed by atoms with Gasteiger partial charge in [-0.25, -0.2) is 21.2 Å². The summed E-state index contributed by atoms with van der Waals surface area (Å²) in [6.45, 7) is -0.149. The van der Waals surface area contributed by atoms with Gasteiger partial charge < -0.3 is 0 Å². The number of hydrogen-bond acceptors (Lipinski definition) is 4. The van der Waals surface area contributed by atoms with Crippen LogP contribution < -0.4 is 0 Å². The zero-order valence-electron chi connectivity index (χ0n) is 12.7. The molecule has 0 radical (unpaired) electrons. The van der Waals surface area contributed by atoms with Crippen LogP contribution >= 0.6 is 0 Å². The van der Waals surface area contributed by atoms with E-state index in [0.29, 0.717) is 5.56 Å². The Morgan fingerprint density at radius 2 is 1.50 bits per heavy atom. The first kappa shape index (κ1) is 17.1. The predicted octanol–water partition coefficient (Wildman–Crippen LogP) is 1.81. The van der Waals surface area contributed by atoms with Crippen LogP contribution in [0, 0.1) is 5.82 Å². The molecule has 1 aliphatic rings. The van der Waals surface area contributed by atoms with Crippen molar-refractivity contribution in [3.05, 3.63) is 66.0 Å². The smallest absolute Gasteiger partial charge is 0.218 e. The maximum absolute atomic E-state index is 12.9. The van der Waals surface area contributed by atoms with Gasteiger partial charge in [0.2, 0.25) is 10.0 Å². The molecule has 24 heavy (non-hydrogen) atoms. The van der Waals surface area contributed by atoms with Crippen LogP contribution in [-0.2, 0) is 25.6 Å². The van der Waals surface area contributed by atoms with Gasteiger partial charge in [0.05, 0.1) is 15.9 Å². The van der Waals surface area contributed by atoms with E-state index >= 15 is 0 Å². The molecule has 1 aliphatic heterocycles. The van der Waals surface area contributed by atoms with Gasteiger partial charge in [-0.1, -0.05) is 30.3 Å². The molecule has 0 saturated carbocycles. The minimum atomic E-state index is -3.66. The van der Waals surface area contributed by atoms with E-state index < -0.39 is 30.9 Å². The van der Waals surface area contributed by atoms with Gasteiger partial charge in [0, 0.05) is 13.1 Å². The summed E-state index contributed by atoms with van der Waals surface area (Å²) in [5.74, 6) is -0.674. The third kappa shape index (κ3) is 3.35. The first-order valence-corrected chi connectivity index (χ1v) is 10.5. The summed E-state index contributed by atoms with van der Waals surface area (Å²) in [7, 11) is -7.21. The number of hydrogen-bond donors (Lipinski definition) is 0. The molecule has 0 aromatic heterocycles. The Hall–Kier alpha value is -1.77. The fourth-order valence-electron chi connectivity index (χ4n) is 2.52. The van der Waals surface area contributed by atoms with Crippen LogP contribution in [0.3, 0.4) is 0 Å². The second-order valence-corrected chi connectivity index (χ2v) is 9.88. The Morgan fingerprint density at radius 1 is 0.917 bits per heavy atom. The van der Waals surface area contributed by atoms with E-state index in [1.807, 2.05) is 0 Å². The summed E-state index contributed by atoms with van der Waals surface area (Å²) >= 11 is 0. The standard InChI is InChI=1S/C16H16FNO4S2/c17-14-6-8-15(9-7-14)24(21,22)16-10-18(11-16)23(19,20)12-13-4-2-1-3-5-13/h1-9,16H,10-12H2. The number of sulfonamides is 1. The molecule has 1 fully saturated rings. The molecule has 0 spiro atoms. The van der Waals surface area contributed by atoms with Crippen molar-refractivity contribution >= 4 is 19.9 Å². The molecule has 0 bridgehead atoms. The third-order valence-electron chi connectivity index (χ3n) is 3.98. The van der Waals surface area contributed by atoms with E-state index in [9.17, 15) is 21.2 Å². The summed E-state index contributed by atoms with van der Waals surface area (Å²) in [5, 5.41) is -0.798. The van der Waals surface area contributed by atoms with Crippen molar-refractivity contribution in [2.45, 2.75) is 15.9 Å². The molecule has 5 nitrogen and oxygen atoms in total. The highest BCUT2D eigenvalue weighted by Crippen LogP contribution is 2.27. The minimum absolute atomic E-state index is 0.00834. The maximum atomic E-state index is 12.9. The van der Waals surface area contributed by atoms with Crippen molar-refractivity contribution in [2.75, 3.05) is 13.1 Å². The van der Waals surface area contributed by atoms with E-state index in [1.165, 1.54) is 16.4 Å². The largest absolute Gasteiger partial charge is 0.223 e. The quantitative estimate of drug-likeness (QED) is 0.754. The molecule has 0 N–H and O–H groups in total. The van der Waals surface area contributed by atoms with Crippen molar-refractivity contribution in [2.24, 2.45) is 0 Å². The number of nitrogens with zero attached hydrogens (tertiary/aromatic N) is 1. The van der Waals surface area contributed by atoms with E-state index in [-0.39, 0.29) is 23.7 Å². The lowest BCUT2D eigenvalue weighted by Crippen LogP contribution is -2.56. The number of sulfone groups is 1. The third-order valence-corrected chi connectivity index (χ3v) is 7.87. The second kappa shape index (κ2) is 6.27. The molecular formula is C16H16FNO4S2. The molecule has 1 saturated heterocycles. The Labute approximate surface area is 140 Å². The SMILES string of the molecule is O=S(=O)(c1ccc(F)cc1)C1CN(S(=O)(=O)Cc2ccccc2)C1. The number of halogens is 1. The summed E-state index contributed by atoms with van der Waals surface area (Å²) in [4.78, 5) is 0.00834. The van der Waals surface area contributed by atoms with E-state index in [2.05, 4.69) is 0 Å². The molecule has 1 heterocycles. The fraction of sp³-hybridized carbons (Fsp3) is 0.250. The zero-order valence-corrected chi connectivity index (χ0v) is 14.3. The first-order chi connectivity index (χ1) is 11.3.